The van der Waals surface area contributed by atoms with Crippen molar-refractivity contribution in [2.75, 3.05) is 5.73 Å². The van der Waals surface area contributed by atoms with Gasteiger partial charge < -0.3 is 5.73 Å². The van der Waals surface area contributed by atoms with Gasteiger partial charge in [-0.3, -0.25) is 0 Å². The van der Waals surface area contributed by atoms with Crippen molar-refractivity contribution in [2.24, 2.45) is 0 Å². The maximum Gasteiger partial charge on any atom is 0.0314 e. The summed E-state index contributed by atoms with van der Waals surface area (Å²) in [6, 6.07) is 8.49. The topological polar surface area (TPSA) is 26.0 Å². The van der Waals surface area contributed by atoms with E-state index < -0.39 is 0 Å². The molecular weight excluding hydrogens is 182 g/mol. The summed E-state index contributed by atoms with van der Waals surface area (Å²) in [6.45, 7) is 0. The van der Waals surface area contributed by atoms with Crippen molar-refractivity contribution in [3.05, 3.63) is 29.8 Å². The molecule has 0 heterocycles. The molecular formula is C14H21N. The Morgan fingerprint density at radius 1 is 0.800 bits per heavy atom. The zero-order valence-electron chi connectivity index (χ0n) is 9.41. The standard InChI is InChI=1S/C14H21N/c15-14-10-8-13(9-11-14)12-6-4-2-1-3-5-7-12/h8-12H,1-7,15H2. The van der Waals surface area contributed by atoms with Crippen molar-refractivity contribution in [3.63, 3.8) is 0 Å². The molecule has 1 nitrogen and oxygen atoms in total. The molecule has 1 aliphatic carbocycles. The lowest BCUT2D eigenvalue weighted by atomic mass is 9.86. The Kier molecular flexibility index (Phi) is 3.65. The fourth-order valence-corrected chi connectivity index (χ4v) is 2.56. The minimum atomic E-state index is 0.783. The highest BCUT2D eigenvalue weighted by Crippen LogP contribution is 2.30. The predicted octanol–water partition coefficient (Wildman–Crippen LogP) is 4.10. The molecule has 0 radical (unpaired) electrons. The van der Waals surface area contributed by atoms with Crippen molar-refractivity contribution in [1.29, 1.82) is 0 Å². The molecule has 1 heteroatoms. The van der Waals surface area contributed by atoms with Gasteiger partial charge in [-0.1, -0.05) is 44.2 Å². The minimum Gasteiger partial charge on any atom is -0.399 e. The van der Waals surface area contributed by atoms with E-state index in [-0.39, 0.29) is 0 Å². The normalized spacial score (nSPS) is 19.5. The molecule has 1 saturated carbocycles. The fraction of sp³-hybridized carbons (Fsp3) is 0.571. The zero-order chi connectivity index (χ0) is 10.5. The molecule has 2 N–H and O–H groups in total. The van der Waals surface area contributed by atoms with Crippen molar-refractivity contribution in [3.8, 4) is 0 Å². The maximum absolute atomic E-state index is 5.71. The van der Waals surface area contributed by atoms with Crippen LogP contribution in [0.1, 0.15) is 56.4 Å². The number of nitrogen functional groups attached to an aromatic ring is 1. The molecule has 0 aliphatic heterocycles. The molecule has 0 saturated heterocycles. The summed E-state index contributed by atoms with van der Waals surface area (Å²) in [5, 5.41) is 0. The van der Waals surface area contributed by atoms with Crippen LogP contribution in [0.4, 0.5) is 5.69 Å². The lowest BCUT2D eigenvalue weighted by Crippen LogP contribution is -2.02. The average molecular weight is 203 g/mol. The van der Waals surface area contributed by atoms with Crippen molar-refractivity contribution in [2.45, 2.75) is 50.9 Å². The summed E-state index contributed by atoms with van der Waals surface area (Å²) < 4.78 is 0. The van der Waals surface area contributed by atoms with Gasteiger partial charge in [0.1, 0.15) is 0 Å². The van der Waals surface area contributed by atoms with Crippen LogP contribution in [0.15, 0.2) is 24.3 Å². The van der Waals surface area contributed by atoms with Gasteiger partial charge in [-0.15, -0.1) is 0 Å². The molecule has 0 aromatic heterocycles. The first-order chi connectivity index (χ1) is 7.36. The number of hydrogen-bond acceptors (Lipinski definition) is 1. The van der Waals surface area contributed by atoms with Crippen molar-refractivity contribution >= 4 is 5.69 Å². The van der Waals surface area contributed by atoms with Gasteiger partial charge in [-0.25, -0.2) is 0 Å². The second-order valence-electron chi connectivity index (χ2n) is 4.71. The number of anilines is 1. The zero-order valence-corrected chi connectivity index (χ0v) is 9.41. The Bertz CT molecular complexity index is 281. The Morgan fingerprint density at radius 2 is 1.33 bits per heavy atom. The molecule has 1 aromatic rings. The van der Waals surface area contributed by atoms with Gasteiger partial charge in [-0.2, -0.15) is 0 Å². The first-order valence-electron chi connectivity index (χ1n) is 6.22. The number of hydrogen-bond donors (Lipinski definition) is 1. The third-order valence-electron chi connectivity index (χ3n) is 3.51. The van der Waals surface area contributed by atoms with Crippen LogP contribution in [-0.2, 0) is 0 Å². The fourth-order valence-electron chi connectivity index (χ4n) is 2.56. The van der Waals surface area contributed by atoms with E-state index in [1.165, 1.54) is 50.5 Å². The van der Waals surface area contributed by atoms with E-state index in [2.05, 4.69) is 12.1 Å². The van der Waals surface area contributed by atoms with E-state index in [0.717, 1.165) is 11.6 Å². The molecule has 15 heavy (non-hydrogen) atoms. The third-order valence-corrected chi connectivity index (χ3v) is 3.51. The van der Waals surface area contributed by atoms with E-state index in [4.69, 9.17) is 5.73 Å². The van der Waals surface area contributed by atoms with Crippen LogP contribution >= 0.6 is 0 Å². The molecule has 1 aromatic carbocycles. The van der Waals surface area contributed by atoms with Gasteiger partial charge >= 0.3 is 0 Å². The van der Waals surface area contributed by atoms with Crippen molar-refractivity contribution < 1.29 is 0 Å². The summed E-state index contributed by atoms with van der Waals surface area (Å²) in [6.07, 6.45) is 9.81. The molecule has 0 bridgehead atoms. The van der Waals surface area contributed by atoms with Gasteiger partial charge in [-0.05, 0) is 36.5 Å². The highest BCUT2D eigenvalue weighted by molar-refractivity contribution is 5.40. The lowest BCUT2D eigenvalue weighted by molar-refractivity contribution is 0.455. The molecule has 1 fully saturated rings. The summed E-state index contributed by atoms with van der Waals surface area (Å²) in [4.78, 5) is 0. The second-order valence-corrected chi connectivity index (χ2v) is 4.71. The van der Waals surface area contributed by atoms with E-state index >= 15 is 0 Å². The highest BCUT2D eigenvalue weighted by atomic mass is 14.5. The minimum absolute atomic E-state index is 0.783. The van der Waals surface area contributed by atoms with Crippen molar-refractivity contribution in [1.82, 2.24) is 0 Å². The van der Waals surface area contributed by atoms with Gasteiger partial charge in [0.2, 0.25) is 0 Å². The van der Waals surface area contributed by atoms with E-state index in [1.807, 2.05) is 12.1 Å². The van der Waals surface area contributed by atoms with Gasteiger partial charge in [0.15, 0.2) is 0 Å². The van der Waals surface area contributed by atoms with Crippen LogP contribution < -0.4 is 5.73 Å². The highest BCUT2D eigenvalue weighted by Gasteiger charge is 2.12. The Hall–Kier alpha value is -0.980. The molecule has 0 amide bonds. The van der Waals surface area contributed by atoms with Gasteiger partial charge in [0.25, 0.3) is 0 Å². The SMILES string of the molecule is Nc1ccc(C2CCCCCCC2)cc1. The Balaban J connectivity index is 2.03. The Labute approximate surface area is 92.7 Å². The number of nitrogens with two attached hydrogens (primary N) is 1. The van der Waals surface area contributed by atoms with E-state index in [0.29, 0.717) is 0 Å². The van der Waals surface area contributed by atoms with Crippen LogP contribution in [0, 0.1) is 0 Å². The monoisotopic (exact) mass is 203 g/mol. The molecule has 2 rings (SSSR count). The predicted molar refractivity (Wildman–Crippen MR) is 65.9 cm³/mol. The lowest BCUT2D eigenvalue weighted by Gasteiger charge is -2.20. The summed E-state index contributed by atoms with van der Waals surface area (Å²) in [7, 11) is 0. The van der Waals surface area contributed by atoms with Gasteiger partial charge in [0.05, 0.1) is 0 Å². The van der Waals surface area contributed by atoms with Gasteiger partial charge in [0, 0.05) is 5.69 Å². The molecule has 82 valence electrons. The largest absolute Gasteiger partial charge is 0.399 e. The first-order valence-corrected chi connectivity index (χ1v) is 6.22. The molecule has 0 spiro atoms. The molecule has 0 unspecified atom stereocenters. The second kappa shape index (κ2) is 5.20. The number of benzene rings is 1. The Morgan fingerprint density at radius 3 is 1.93 bits per heavy atom. The summed E-state index contributed by atoms with van der Waals surface area (Å²) in [5.74, 6) is 0.783. The third kappa shape index (κ3) is 2.98. The van der Waals surface area contributed by atoms with Crippen LogP contribution in [0.2, 0.25) is 0 Å². The van der Waals surface area contributed by atoms with Crippen LogP contribution in [0.3, 0.4) is 0 Å². The number of rotatable bonds is 1. The van der Waals surface area contributed by atoms with Crippen LogP contribution in [0.25, 0.3) is 0 Å². The first kappa shape index (κ1) is 10.5. The van der Waals surface area contributed by atoms with Crippen LogP contribution in [-0.4, -0.2) is 0 Å². The molecule has 0 atom stereocenters. The smallest absolute Gasteiger partial charge is 0.0314 e. The average Bonchev–Trinajstić information content (AvgIpc) is 2.19. The van der Waals surface area contributed by atoms with E-state index in [9.17, 15) is 0 Å². The summed E-state index contributed by atoms with van der Waals surface area (Å²) in [5.41, 5.74) is 8.08. The maximum atomic E-state index is 5.71. The van der Waals surface area contributed by atoms with Crippen LogP contribution in [0.5, 0.6) is 0 Å². The van der Waals surface area contributed by atoms with E-state index in [1.54, 1.807) is 0 Å². The summed E-state index contributed by atoms with van der Waals surface area (Å²) >= 11 is 0. The quantitative estimate of drug-likeness (QED) is 0.683. The molecule has 1 aliphatic rings.